The lowest BCUT2D eigenvalue weighted by Crippen LogP contribution is -2.28. The molecule has 1 aliphatic rings. The van der Waals surface area contributed by atoms with Gasteiger partial charge in [-0.25, -0.2) is 4.39 Å². The average Bonchev–Trinajstić information content (AvgIpc) is 3.38. The van der Waals surface area contributed by atoms with Crippen LogP contribution in [0.1, 0.15) is 28.6 Å². The number of halogens is 1. The van der Waals surface area contributed by atoms with E-state index in [-0.39, 0.29) is 17.6 Å². The van der Waals surface area contributed by atoms with Crippen molar-refractivity contribution in [2.75, 3.05) is 20.2 Å². The Bertz CT molecular complexity index is 938. The topological polar surface area (TPSA) is 68.5 Å². The molecule has 1 saturated heterocycles. The van der Waals surface area contributed by atoms with E-state index in [1.54, 1.807) is 12.0 Å². The molecule has 1 aromatic heterocycles. The van der Waals surface area contributed by atoms with Crippen molar-refractivity contribution in [2.24, 2.45) is 0 Å². The van der Waals surface area contributed by atoms with Gasteiger partial charge in [0.25, 0.3) is 5.91 Å². The van der Waals surface area contributed by atoms with Crippen LogP contribution in [0.4, 0.5) is 4.39 Å². The first-order valence-electron chi connectivity index (χ1n) is 8.66. The van der Waals surface area contributed by atoms with E-state index in [1.165, 1.54) is 24.3 Å². The monoisotopic (exact) mass is 367 g/mol. The summed E-state index contributed by atoms with van der Waals surface area (Å²) in [5, 5.41) is 8.28. The Morgan fingerprint density at radius 1 is 1.15 bits per heavy atom. The van der Waals surface area contributed by atoms with Gasteiger partial charge in [-0.2, -0.15) is 0 Å². The largest absolute Gasteiger partial charge is 0.497 e. The van der Waals surface area contributed by atoms with Gasteiger partial charge in [0.05, 0.1) is 13.0 Å². The Kier molecular flexibility index (Phi) is 4.58. The molecule has 0 saturated carbocycles. The highest BCUT2D eigenvalue weighted by atomic mass is 19.1. The molecule has 3 aromatic rings. The molecular formula is C20H18FN3O3. The van der Waals surface area contributed by atoms with Crippen molar-refractivity contribution in [1.29, 1.82) is 0 Å². The van der Waals surface area contributed by atoms with Crippen molar-refractivity contribution < 1.29 is 18.3 Å². The molecule has 1 fully saturated rings. The number of carbonyl (C=O) groups excluding carboxylic acids is 1. The summed E-state index contributed by atoms with van der Waals surface area (Å²) in [7, 11) is 1.61. The van der Waals surface area contributed by atoms with Crippen molar-refractivity contribution in [3.05, 3.63) is 65.8 Å². The number of nitrogens with zero attached hydrogens (tertiary/aromatic N) is 3. The van der Waals surface area contributed by atoms with Gasteiger partial charge >= 0.3 is 0 Å². The van der Waals surface area contributed by atoms with Crippen LogP contribution in [0.3, 0.4) is 0 Å². The molecule has 27 heavy (non-hydrogen) atoms. The zero-order chi connectivity index (χ0) is 18.8. The molecule has 2 heterocycles. The van der Waals surface area contributed by atoms with Gasteiger partial charge in [0.2, 0.25) is 11.8 Å². The van der Waals surface area contributed by atoms with E-state index >= 15 is 0 Å². The third-order valence-corrected chi connectivity index (χ3v) is 4.69. The van der Waals surface area contributed by atoms with Crippen LogP contribution < -0.4 is 4.74 Å². The molecule has 138 valence electrons. The van der Waals surface area contributed by atoms with Crippen LogP contribution in [0.25, 0.3) is 11.5 Å². The summed E-state index contributed by atoms with van der Waals surface area (Å²) in [6, 6.07) is 13.0. The second-order valence-electron chi connectivity index (χ2n) is 6.42. The van der Waals surface area contributed by atoms with Crippen LogP contribution in [0.15, 0.2) is 52.9 Å². The Morgan fingerprint density at radius 3 is 2.59 bits per heavy atom. The fourth-order valence-corrected chi connectivity index (χ4v) is 3.17. The summed E-state index contributed by atoms with van der Waals surface area (Å²) in [5.74, 6) is 1.24. The van der Waals surface area contributed by atoms with E-state index in [0.717, 1.165) is 17.7 Å². The SMILES string of the molecule is COc1ccc(-c2nnc(C3CCN(C(=O)c4ccc(F)cc4)C3)o2)cc1. The lowest BCUT2D eigenvalue weighted by molar-refractivity contribution is 0.0790. The second-order valence-corrected chi connectivity index (χ2v) is 6.42. The number of amides is 1. The Hall–Kier alpha value is -3.22. The molecule has 1 atom stereocenters. The standard InChI is InChI=1S/C20H18FN3O3/c1-26-17-8-4-13(5-9-17)18-22-23-19(27-18)15-10-11-24(12-15)20(25)14-2-6-16(21)7-3-14/h2-9,15H,10-12H2,1H3. The van der Waals surface area contributed by atoms with E-state index in [9.17, 15) is 9.18 Å². The van der Waals surface area contributed by atoms with E-state index < -0.39 is 0 Å². The first-order valence-corrected chi connectivity index (χ1v) is 8.66. The Balaban J connectivity index is 1.45. The summed E-state index contributed by atoms with van der Waals surface area (Å²) < 4.78 is 24.0. The predicted molar refractivity (Wildman–Crippen MR) is 95.9 cm³/mol. The number of benzene rings is 2. The quantitative estimate of drug-likeness (QED) is 0.706. The summed E-state index contributed by atoms with van der Waals surface area (Å²) >= 11 is 0. The van der Waals surface area contributed by atoms with Gasteiger partial charge < -0.3 is 14.1 Å². The molecule has 0 aliphatic carbocycles. The van der Waals surface area contributed by atoms with E-state index in [0.29, 0.717) is 30.4 Å². The lowest BCUT2D eigenvalue weighted by Gasteiger charge is -2.15. The Morgan fingerprint density at radius 2 is 1.89 bits per heavy atom. The van der Waals surface area contributed by atoms with Crippen LogP contribution in [-0.2, 0) is 0 Å². The third kappa shape index (κ3) is 3.53. The predicted octanol–water partition coefficient (Wildman–Crippen LogP) is 3.51. The third-order valence-electron chi connectivity index (χ3n) is 4.69. The van der Waals surface area contributed by atoms with Gasteiger partial charge in [0.1, 0.15) is 11.6 Å². The fourth-order valence-electron chi connectivity index (χ4n) is 3.17. The lowest BCUT2D eigenvalue weighted by atomic mass is 10.1. The average molecular weight is 367 g/mol. The molecule has 2 aromatic carbocycles. The van der Waals surface area contributed by atoms with Crippen LogP contribution in [-0.4, -0.2) is 41.2 Å². The molecule has 0 spiro atoms. The first kappa shape index (κ1) is 17.2. The number of methoxy groups -OCH3 is 1. The number of carbonyl (C=O) groups is 1. The highest BCUT2D eigenvalue weighted by Crippen LogP contribution is 2.30. The second kappa shape index (κ2) is 7.19. The molecule has 0 bridgehead atoms. The van der Waals surface area contributed by atoms with Gasteiger partial charge in [-0.05, 0) is 55.0 Å². The summed E-state index contributed by atoms with van der Waals surface area (Å²) in [6.45, 7) is 1.10. The maximum absolute atomic E-state index is 13.0. The molecule has 7 heteroatoms. The molecule has 1 aliphatic heterocycles. The molecule has 1 amide bonds. The molecule has 4 rings (SSSR count). The maximum atomic E-state index is 13.0. The van der Waals surface area contributed by atoms with Crippen LogP contribution in [0.5, 0.6) is 5.75 Å². The minimum absolute atomic E-state index is 0.00565. The van der Waals surface area contributed by atoms with Crippen molar-refractivity contribution in [2.45, 2.75) is 12.3 Å². The molecule has 6 nitrogen and oxygen atoms in total. The molecule has 0 radical (unpaired) electrons. The van der Waals surface area contributed by atoms with Gasteiger partial charge in [-0.1, -0.05) is 0 Å². The zero-order valence-corrected chi connectivity index (χ0v) is 14.8. The molecule has 0 N–H and O–H groups in total. The van der Waals surface area contributed by atoms with Crippen LogP contribution in [0, 0.1) is 5.82 Å². The summed E-state index contributed by atoms with van der Waals surface area (Å²) in [6.07, 6.45) is 0.747. The first-order chi connectivity index (χ1) is 13.1. The van der Waals surface area contributed by atoms with Gasteiger partial charge in [0.15, 0.2) is 0 Å². The number of ether oxygens (including phenoxy) is 1. The highest BCUT2D eigenvalue weighted by Gasteiger charge is 2.31. The van der Waals surface area contributed by atoms with Crippen molar-refractivity contribution in [3.8, 4) is 17.2 Å². The van der Waals surface area contributed by atoms with Gasteiger partial charge in [-0.15, -0.1) is 10.2 Å². The van der Waals surface area contributed by atoms with Crippen molar-refractivity contribution in [1.82, 2.24) is 15.1 Å². The minimum Gasteiger partial charge on any atom is -0.497 e. The Labute approximate surface area is 155 Å². The summed E-state index contributed by atoms with van der Waals surface area (Å²) in [4.78, 5) is 14.3. The van der Waals surface area contributed by atoms with Crippen molar-refractivity contribution in [3.63, 3.8) is 0 Å². The maximum Gasteiger partial charge on any atom is 0.253 e. The highest BCUT2D eigenvalue weighted by molar-refractivity contribution is 5.94. The van der Waals surface area contributed by atoms with E-state index in [2.05, 4.69) is 10.2 Å². The fraction of sp³-hybridized carbons (Fsp3) is 0.250. The molecular weight excluding hydrogens is 349 g/mol. The van der Waals surface area contributed by atoms with Gasteiger partial charge in [0, 0.05) is 24.2 Å². The van der Waals surface area contributed by atoms with E-state index in [4.69, 9.17) is 9.15 Å². The van der Waals surface area contributed by atoms with Crippen LogP contribution >= 0.6 is 0 Å². The molecule has 1 unspecified atom stereocenters. The number of hydrogen-bond acceptors (Lipinski definition) is 5. The number of likely N-dealkylation sites (tertiary alicyclic amines) is 1. The summed E-state index contributed by atoms with van der Waals surface area (Å²) in [5.41, 5.74) is 1.29. The van der Waals surface area contributed by atoms with Crippen LogP contribution in [0.2, 0.25) is 0 Å². The minimum atomic E-state index is -0.359. The number of aromatic nitrogens is 2. The van der Waals surface area contributed by atoms with Crippen molar-refractivity contribution >= 4 is 5.91 Å². The van der Waals surface area contributed by atoms with E-state index in [1.807, 2.05) is 24.3 Å². The normalized spacial score (nSPS) is 16.5. The zero-order valence-electron chi connectivity index (χ0n) is 14.8. The van der Waals surface area contributed by atoms with Gasteiger partial charge in [-0.3, -0.25) is 4.79 Å². The number of hydrogen-bond donors (Lipinski definition) is 0. The number of rotatable bonds is 4. The smallest absolute Gasteiger partial charge is 0.253 e.